The van der Waals surface area contributed by atoms with E-state index < -0.39 is 0 Å². The van der Waals surface area contributed by atoms with Gasteiger partial charge in [-0.3, -0.25) is 5.84 Å². The first-order valence-electron chi connectivity index (χ1n) is 5.83. The smallest absolute Gasteiger partial charge is 0.123 e. The van der Waals surface area contributed by atoms with Gasteiger partial charge < -0.3 is 0 Å². The zero-order valence-electron chi connectivity index (χ0n) is 9.91. The second-order valence-corrected chi connectivity index (χ2v) is 4.97. The molecule has 1 aromatic carbocycles. The average Bonchev–Trinajstić information content (AvgIpc) is 2.29. The normalized spacial score (nSPS) is 30.1. The lowest BCUT2D eigenvalue weighted by Gasteiger charge is -2.54. The summed E-state index contributed by atoms with van der Waals surface area (Å²) in [6, 6.07) is 7.21. The highest BCUT2D eigenvalue weighted by Gasteiger charge is 2.45. The van der Waals surface area contributed by atoms with E-state index in [1.54, 1.807) is 0 Å². The van der Waals surface area contributed by atoms with E-state index in [4.69, 9.17) is 5.84 Å². The minimum absolute atomic E-state index is 0.0402. The molecule has 0 spiro atoms. The molecule has 2 N–H and O–H groups in total. The summed E-state index contributed by atoms with van der Waals surface area (Å²) in [5, 5.41) is 1.95. The molecular formula is C13H19FN2. The maximum absolute atomic E-state index is 12.8. The monoisotopic (exact) mass is 222 g/mol. The lowest BCUT2D eigenvalue weighted by molar-refractivity contribution is -0.0649. The minimum Gasteiger partial charge on any atom is -0.268 e. The van der Waals surface area contributed by atoms with Gasteiger partial charge >= 0.3 is 0 Å². The second kappa shape index (κ2) is 4.15. The van der Waals surface area contributed by atoms with Crippen molar-refractivity contribution >= 4 is 0 Å². The number of hydrazine groups is 1. The van der Waals surface area contributed by atoms with Gasteiger partial charge in [0, 0.05) is 11.6 Å². The summed E-state index contributed by atoms with van der Waals surface area (Å²) in [7, 11) is 0. The van der Waals surface area contributed by atoms with Gasteiger partial charge in [0.25, 0.3) is 0 Å². The van der Waals surface area contributed by atoms with Crippen LogP contribution in [0.2, 0.25) is 0 Å². The predicted octanol–water partition coefficient (Wildman–Crippen LogP) is 2.48. The van der Waals surface area contributed by atoms with Gasteiger partial charge in [-0.05, 0) is 43.9 Å². The molecule has 16 heavy (non-hydrogen) atoms. The number of hydrogen-bond donors (Lipinski definition) is 1. The van der Waals surface area contributed by atoms with Crippen molar-refractivity contribution in [2.45, 2.75) is 44.7 Å². The standard InChI is InChI=1S/C13H19FN2/c1-3-12-9-13(2,16(12)15)8-10-4-6-11(14)7-5-10/h4-7,12H,3,8-9,15H2,1-2H3. The topological polar surface area (TPSA) is 29.3 Å². The van der Waals surface area contributed by atoms with Crippen molar-refractivity contribution in [2.24, 2.45) is 5.84 Å². The molecule has 0 radical (unpaired) electrons. The molecule has 2 nitrogen and oxygen atoms in total. The maximum Gasteiger partial charge on any atom is 0.123 e. The fourth-order valence-electron chi connectivity index (χ4n) is 2.59. The van der Waals surface area contributed by atoms with Gasteiger partial charge in [0.2, 0.25) is 0 Å². The fraction of sp³-hybridized carbons (Fsp3) is 0.538. The van der Waals surface area contributed by atoms with E-state index >= 15 is 0 Å². The highest BCUT2D eigenvalue weighted by atomic mass is 19.1. The molecule has 88 valence electrons. The molecule has 0 saturated carbocycles. The van der Waals surface area contributed by atoms with Crippen LogP contribution in [0, 0.1) is 5.82 Å². The summed E-state index contributed by atoms with van der Waals surface area (Å²) in [6.45, 7) is 4.32. The summed E-state index contributed by atoms with van der Waals surface area (Å²) in [5.74, 6) is 5.87. The van der Waals surface area contributed by atoms with Gasteiger partial charge in [-0.25, -0.2) is 9.40 Å². The highest BCUT2D eigenvalue weighted by Crippen LogP contribution is 2.37. The third-order valence-electron chi connectivity index (χ3n) is 3.66. The van der Waals surface area contributed by atoms with Gasteiger partial charge in [-0.1, -0.05) is 19.1 Å². The Kier molecular flexibility index (Phi) is 3.00. The van der Waals surface area contributed by atoms with E-state index in [9.17, 15) is 4.39 Å². The van der Waals surface area contributed by atoms with Crippen LogP contribution in [0.25, 0.3) is 0 Å². The number of nitrogens with two attached hydrogens (primary N) is 1. The molecule has 2 rings (SSSR count). The molecule has 0 bridgehead atoms. The van der Waals surface area contributed by atoms with Crippen LogP contribution in [0.3, 0.4) is 0 Å². The lowest BCUT2D eigenvalue weighted by atomic mass is 9.76. The molecule has 2 unspecified atom stereocenters. The van der Waals surface area contributed by atoms with Crippen molar-refractivity contribution in [3.8, 4) is 0 Å². The van der Waals surface area contributed by atoms with Crippen LogP contribution >= 0.6 is 0 Å². The van der Waals surface area contributed by atoms with Crippen LogP contribution in [0.15, 0.2) is 24.3 Å². The number of benzene rings is 1. The maximum atomic E-state index is 12.8. The summed E-state index contributed by atoms with van der Waals surface area (Å²) < 4.78 is 12.8. The summed E-state index contributed by atoms with van der Waals surface area (Å²) in [6.07, 6.45) is 3.10. The van der Waals surface area contributed by atoms with Gasteiger partial charge in [0.05, 0.1) is 0 Å². The van der Waals surface area contributed by atoms with Gasteiger partial charge in [0.1, 0.15) is 5.82 Å². The van der Waals surface area contributed by atoms with E-state index in [0.29, 0.717) is 6.04 Å². The molecule has 1 fully saturated rings. The molecule has 1 saturated heterocycles. The Morgan fingerprint density at radius 2 is 2.06 bits per heavy atom. The Bertz CT molecular complexity index is 363. The first kappa shape index (κ1) is 11.6. The number of hydrogen-bond acceptors (Lipinski definition) is 2. The summed E-state index contributed by atoms with van der Waals surface area (Å²) in [5.41, 5.74) is 1.19. The molecule has 1 aliphatic heterocycles. The van der Waals surface area contributed by atoms with Gasteiger partial charge in [0.15, 0.2) is 0 Å². The molecule has 0 amide bonds. The Labute approximate surface area is 96.2 Å². The molecule has 1 heterocycles. The van der Waals surface area contributed by atoms with Gasteiger partial charge in [-0.2, -0.15) is 0 Å². The largest absolute Gasteiger partial charge is 0.268 e. The van der Waals surface area contributed by atoms with Crippen molar-refractivity contribution in [1.29, 1.82) is 0 Å². The fourth-order valence-corrected chi connectivity index (χ4v) is 2.59. The summed E-state index contributed by atoms with van der Waals surface area (Å²) >= 11 is 0. The summed E-state index contributed by atoms with van der Waals surface area (Å²) in [4.78, 5) is 0. The number of rotatable bonds is 3. The average molecular weight is 222 g/mol. The van der Waals surface area contributed by atoms with E-state index in [0.717, 1.165) is 24.8 Å². The number of halogens is 1. The van der Waals surface area contributed by atoms with Crippen molar-refractivity contribution in [3.63, 3.8) is 0 Å². The van der Waals surface area contributed by atoms with E-state index in [2.05, 4.69) is 13.8 Å². The van der Waals surface area contributed by atoms with E-state index in [1.165, 1.54) is 12.1 Å². The molecule has 2 atom stereocenters. The zero-order valence-corrected chi connectivity index (χ0v) is 9.91. The minimum atomic E-state index is -0.182. The Balaban J connectivity index is 2.03. The SMILES string of the molecule is CCC1CC(C)(Cc2ccc(F)cc2)N1N. The second-order valence-electron chi connectivity index (χ2n) is 4.97. The van der Waals surface area contributed by atoms with Crippen molar-refractivity contribution in [1.82, 2.24) is 5.01 Å². The van der Waals surface area contributed by atoms with Crippen LogP contribution in [0.1, 0.15) is 32.3 Å². The van der Waals surface area contributed by atoms with Crippen LogP contribution in [0.5, 0.6) is 0 Å². The Morgan fingerprint density at radius 1 is 1.44 bits per heavy atom. The quantitative estimate of drug-likeness (QED) is 0.796. The van der Waals surface area contributed by atoms with Crippen molar-refractivity contribution in [3.05, 3.63) is 35.6 Å². The van der Waals surface area contributed by atoms with Gasteiger partial charge in [-0.15, -0.1) is 0 Å². The Morgan fingerprint density at radius 3 is 2.56 bits per heavy atom. The molecule has 0 aliphatic carbocycles. The third-order valence-corrected chi connectivity index (χ3v) is 3.66. The van der Waals surface area contributed by atoms with Crippen LogP contribution in [-0.2, 0) is 6.42 Å². The lowest BCUT2D eigenvalue weighted by Crippen LogP contribution is -2.68. The number of nitrogens with zero attached hydrogens (tertiary/aromatic N) is 1. The zero-order chi connectivity index (χ0) is 11.8. The molecule has 1 aliphatic rings. The Hall–Kier alpha value is -0.930. The van der Waals surface area contributed by atoms with Crippen molar-refractivity contribution < 1.29 is 4.39 Å². The highest BCUT2D eigenvalue weighted by molar-refractivity contribution is 5.20. The van der Waals surface area contributed by atoms with E-state index in [-0.39, 0.29) is 11.4 Å². The third kappa shape index (κ3) is 1.97. The first-order chi connectivity index (χ1) is 7.55. The van der Waals surface area contributed by atoms with Crippen molar-refractivity contribution in [2.75, 3.05) is 0 Å². The van der Waals surface area contributed by atoms with Crippen LogP contribution < -0.4 is 5.84 Å². The molecule has 0 aromatic heterocycles. The van der Waals surface area contributed by atoms with Crippen LogP contribution in [-0.4, -0.2) is 16.6 Å². The molecular weight excluding hydrogens is 203 g/mol. The molecule has 1 aromatic rings. The molecule has 3 heteroatoms. The first-order valence-corrected chi connectivity index (χ1v) is 5.83. The van der Waals surface area contributed by atoms with Crippen LogP contribution in [0.4, 0.5) is 4.39 Å². The van der Waals surface area contributed by atoms with E-state index in [1.807, 2.05) is 17.1 Å². The predicted molar refractivity (Wildman–Crippen MR) is 63.2 cm³/mol.